The maximum Gasteiger partial charge on any atom is 0.243 e. The highest BCUT2D eigenvalue weighted by molar-refractivity contribution is 9.08. The highest BCUT2D eigenvalue weighted by Crippen LogP contribution is 2.24. The number of halogens is 2. The Balaban J connectivity index is 2.19. The Labute approximate surface area is 136 Å². The number of sulfonamides is 1. The van der Waals surface area contributed by atoms with Gasteiger partial charge < -0.3 is 0 Å². The van der Waals surface area contributed by atoms with E-state index >= 15 is 0 Å². The van der Waals surface area contributed by atoms with Crippen molar-refractivity contribution >= 4 is 48.9 Å². The number of thiophene rings is 1. The number of hydrogen-bond donors (Lipinski definition) is 0. The van der Waals surface area contributed by atoms with Gasteiger partial charge in [-0.2, -0.15) is 4.31 Å². The quantitative estimate of drug-likeness (QED) is 0.715. The summed E-state index contributed by atoms with van der Waals surface area (Å²) in [6.45, 7) is 0.319. The molecule has 1 aromatic carbocycles. The lowest BCUT2D eigenvalue weighted by Gasteiger charge is -2.16. The van der Waals surface area contributed by atoms with Crippen LogP contribution in [0.4, 0.5) is 0 Å². The van der Waals surface area contributed by atoms with Gasteiger partial charge >= 0.3 is 0 Å². The number of nitrogens with zero attached hydrogens (tertiary/aromatic N) is 1. The molecule has 2 rings (SSSR count). The molecule has 1 aromatic heterocycles. The minimum Gasteiger partial charge on any atom is -0.207 e. The van der Waals surface area contributed by atoms with Crippen molar-refractivity contribution in [3.8, 4) is 0 Å². The molecular formula is C13H13BrClNO2S2. The second-order valence-electron chi connectivity index (χ2n) is 4.24. The Hall–Kier alpha value is -0.400. The monoisotopic (exact) mass is 393 g/mol. The van der Waals surface area contributed by atoms with Crippen LogP contribution in [-0.2, 0) is 21.9 Å². The summed E-state index contributed by atoms with van der Waals surface area (Å²) < 4.78 is 26.8. The van der Waals surface area contributed by atoms with Crippen LogP contribution in [0.3, 0.4) is 0 Å². The third-order valence-corrected chi connectivity index (χ3v) is 6.47. The fraction of sp³-hybridized carbons (Fsp3) is 0.231. The van der Waals surface area contributed by atoms with E-state index < -0.39 is 10.0 Å². The Morgan fingerprint density at radius 2 is 1.85 bits per heavy atom. The second kappa shape index (κ2) is 6.58. The summed E-state index contributed by atoms with van der Waals surface area (Å²) in [6.07, 6.45) is 0. The molecule has 0 N–H and O–H groups in total. The van der Waals surface area contributed by atoms with Gasteiger partial charge in [-0.25, -0.2) is 8.42 Å². The van der Waals surface area contributed by atoms with E-state index in [9.17, 15) is 8.42 Å². The largest absolute Gasteiger partial charge is 0.243 e. The molecular weight excluding hydrogens is 382 g/mol. The summed E-state index contributed by atoms with van der Waals surface area (Å²) >= 11 is 10.6. The summed E-state index contributed by atoms with van der Waals surface area (Å²) in [5, 5.41) is 0.705. The Morgan fingerprint density at radius 3 is 2.35 bits per heavy atom. The molecule has 0 aliphatic heterocycles. The van der Waals surface area contributed by atoms with Gasteiger partial charge in [-0.15, -0.1) is 11.3 Å². The van der Waals surface area contributed by atoms with E-state index in [2.05, 4.69) is 15.9 Å². The SMILES string of the molecule is CN(Cc1ccc(Cl)s1)S(=O)(=O)c1ccc(CBr)cc1. The molecule has 0 spiro atoms. The van der Waals surface area contributed by atoms with Gasteiger partial charge in [0.15, 0.2) is 0 Å². The first-order valence-electron chi connectivity index (χ1n) is 5.79. The van der Waals surface area contributed by atoms with Crippen LogP contribution in [0.25, 0.3) is 0 Å². The Bertz CT molecular complexity index is 683. The van der Waals surface area contributed by atoms with Gasteiger partial charge in [-0.3, -0.25) is 0 Å². The molecule has 0 amide bonds. The lowest BCUT2D eigenvalue weighted by atomic mass is 10.2. The van der Waals surface area contributed by atoms with E-state index in [1.165, 1.54) is 15.6 Å². The number of benzene rings is 1. The third kappa shape index (κ3) is 3.62. The van der Waals surface area contributed by atoms with Crippen LogP contribution in [0, 0.1) is 0 Å². The maximum atomic E-state index is 12.4. The molecule has 0 unspecified atom stereocenters. The lowest BCUT2D eigenvalue weighted by molar-refractivity contribution is 0.469. The summed E-state index contributed by atoms with van der Waals surface area (Å²) in [5.74, 6) is 0. The summed E-state index contributed by atoms with van der Waals surface area (Å²) in [7, 11) is -1.90. The zero-order valence-electron chi connectivity index (χ0n) is 10.7. The minimum atomic E-state index is -3.47. The van der Waals surface area contributed by atoms with Gasteiger partial charge in [0.1, 0.15) is 0 Å². The molecule has 0 aliphatic carbocycles. The topological polar surface area (TPSA) is 37.4 Å². The molecule has 7 heteroatoms. The average Bonchev–Trinajstić information content (AvgIpc) is 2.84. The zero-order chi connectivity index (χ0) is 14.8. The van der Waals surface area contributed by atoms with Crippen LogP contribution in [0.2, 0.25) is 4.34 Å². The first-order chi connectivity index (χ1) is 9.43. The second-order valence-corrected chi connectivity index (χ2v) is 8.65. The number of rotatable bonds is 5. The van der Waals surface area contributed by atoms with Crippen LogP contribution < -0.4 is 0 Å². The van der Waals surface area contributed by atoms with E-state index in [1.807, 2.05) is 6.07 Å². The summed E-state index contributed by atoms with van der Waals surface area (Å²) in [4.78, 5) is 1.21. The Morgan fingerprint density at radius 1 is 1.20 bits per heavy atom. The van der Waals surface area contributed by atoms with E-state index in [1.54, 1.807) is 37.4 Å². The number of hydrogen-bond acceptors (Lipinski definition) is 3. The van der Waals surface area contributed by atoms with Gasteiger partial charge in [0.2, 0.25) is 10.0 Å². The van der Waals surface area contributed by atoms with E-state index in [4.69, 9.17) is 11.6 Å². The molecule has 0 atom stereocenters. The van der Waals surface area contributed by atoms with Crippen molar-refractivity contribution in [3.63, 3.8) is 0 Å². The molecule has 0 radical (unpaired) electrons. The summed E-state index contributed by atoms with van der Waals surface area (Å²) in [6, 6.07) is 10.5. The molecule has 1 heterocycles. The molecule has 0 saturated carbocycles. The smallest absolute Gasteiger partial charge is 0.207 e. The highest BCUT2D eigenvalue weighted by Gasteiger charge is 2.21. The molecule has 108 valence electrons. The van der Waals surface area contributed by atoms with Crippen molar-refractivity contribution in [2.75, 3.05) is 7.05 Å². The fourth-order valence-corrected chi connectivity index (χ4v) is 4.42. The van der Waals surface area contributed by atoms with Crippen molar-refractivity contribution < 1.29 is 8.42 Å². The first kappa shape index (κ1) is 16.0. The van der Waals surface area contributed by atoms with Crippen molar-refractivity contribution in [2.45, 2.75) is 16.8 Å². The molecule has 0 fully saturated rings. The van der Waals surface area contributed by atoms with E-state index in [-0.39, 0.29) is 0 Å². The standard InChI is InChI=1S/C13H13BrClNO2S2/c1-16(9-11-4-7-13(15)19-11)20(17,18)12-5-2-10(8-14)3-6-12/h2-7H,8-9H2,1H3. The lowest BCUT2D eigenvalue weighted by Crippen LogP contribution is -2.26. The molecule has 0 saturated heterocycles. The van der Waals surface area contributed by atoms with Gasteiger partial charge in [0.25, 0.3) is 0 Å². The van der Waals surface area contributed by atoms with Crippen LogP contribution >= 0.6 is 38.9 Å². The third-order valence-electron chi connectivity index (χ3n) is 2.79. The van der Waals surface area contributed by atoms with Gasteiger partial charge in [0, 0.05) is 23.8 Å². The van der Waals surface area contributed by atoms with Crippen molar-refractivity contribution in [3.05, 3.63) is 51.2 Å². The molecule has 20 heavy (non-hydrogen) atoms. The highest BCUT2D eigenvalue weighted by atomic mass is 79.9. The fourth-order valence-electron chi connectivity index (χ4n) is 1.67. The van der Waals surface area contributed by atoms with Gasteiger partial charge in [-0.05, 0) is 29.8 Å². The zero-order valence-corrected chi connectivity index (χ0v) is 14.7. The van der Waals surface area contributed by atoms with Crippen LogP contribution in [0.15, 0.2) is 41.3 Å². The molecule has 0 aliphatic rings. The first-order valence-corrected chi connectivity index (χ1v) is 9.54. The van der Waals surface area contributed by atoms with Crippen molar-refractivity contribution in [1.29, 1.82) is 0 Å². The molecule has 0 bridgehead atoms. The predicted octanol–water partition coefficient (Wildman–Crippen LogP) is 4.12. The van der Waals surface area contributed by atoms with Crippen molar-refractivity contribution in [1.82, 2.24) is 4.31 Å². The normalized spacial score (nSPS) is 12.0. The van der Waals surface area contributed by atoms with E-state index in [0.29, 0.717) is 21.1 Å². The van der Waals surface area contributed by atoms with Crippen LogP contribution in [0.5, 0.6) is 0 Å². The predicted molar refractivity (Wildman–Crippen MR) is 87.1 cm³/mol. The molecule has 3 nitrogen and oxygen atoms in total. The summed E-state index contributed by atoms with van der Waals surface area (Å²) in [5.41, 5.74) is 1.04. The van der Waals surface area contributed by atoms with E-state index in [0.717, 1.165) is 10.4 Å². The van der Waals surface area contributed by atoms with Gasteiger partial charge in [-0.1, -0.05) is 39.7 Å². The van der Waals surface area contributed by atoms with Crippen LogP contribution in [0.1, 0.15) is 10.4 Å². The van der Waals surface area contributed by atoms with Crippen molar-refractivity contribution in [2.24, 2.45) is 0 Å². The van der Waals surface area contributed by atoms with Gasteiger partial charge in [0.05, 0.1) is 9.23 Å². The van der Waals surface area contributed by atoms with Crippen LogP contribution in [-0.4, -0.2) is 19.8 Å². The number of alkyl halides is 1. The molecule has 2 aromatic rings. The Kier molecular flexibility index (Phi) is 5.25. The average molecular weight is 395 g/mol. The minimum absolute atomic E-state index is 0.298. The maximum absolute atomic E-state index is 12.4.